The lowest BCUT2D eigenvalue weighted by atomic mass is 10.0. The van der Waals surface area contributed by atoms with Gasteiger partial charge in [-0.1, -0.05) is 36.4 Å². The van der Waals surface area contributed by atoms with Crippen molar-refractivity contribution in [1.29, 1.82) is 0 Å². The molecule has 140 valence electrons. The predicted molar refractivity (Wildman–Crippen MR) is 106 cm³/mol. The zero-order chi connectivity index (χ0) is 18.8. The highest BCUT2D eigenvalue weighted by molar-refractivity contribution is 5.90. The topological polar surface area (TPSA) is 61.4 Å². The number of aryl methyl sites for hydroxylation is 1. The standard InChI is InChI=1S/C22H25N3O2/c1-15-5-2-3-8-20(15)17-6-4-7-18(12-17)24-22(27)23-13-16-11-21(26)25(14-16)19-9-10-19/h2-8,12,16,19H,9-11,13-14H2,1H3,(H2,23,24,27)/t16-/m1/s1. The third-order valence-electron chi connectivity index (χ3n) is 5.35. The van der Waals surface area contributed by atoms with E-state index in [1.807, 2.05) is 41.3 Å². The minimum Gasteiger partial charge on any atom is -0.339 e. The fourth-order valence-corrected chi connectivity index (χ4v) is 3.76. The van der Waals surface area contributed by atoms with Crippen LogP contribution in [0, 0.1) is 12.8 Å². The molecule has 1 aliphatic carbocycles. The number of carbonyl (C=O) groups is 2. The van der Waals surface area contributed by atoms with Gasteiger partial charge in [0.15, 0.2) is 0 Å². The van der Waals surface area contributed by atoms with Crippen molar-refractivity contribution >= 4 is 17.6 Å². The SMILES string of the molecule is Cc1ccccc1-c1cccc(NC(=O)NC[C@H]2CC(=O)N(C3CC3)C2)c1. The summed E-state index contributed by atoms with van der Waals surface area (Å²) in [6.45, 7) is 3.38. The fraction of sp³-hybridized carbons (Fsp3) is 0.364. The second kappa shape index (κ2) is 7.43. The van der Waals surface area contributed by atoms with Gasteiger partial charge < -0.3 is 15.5 Å². The van der Waals surface area contributed by atoms with Crippen molar-refractivity contribution in [3.8, 4) is 11.1 Å². The number of amides is 3. The molecule has 2 aromatic carbocycles. The third kappa shape index (κ3) is 4.13. The summed E-state index contributed by atoms with van der Waals surface area (Å²) in [5.74, 6) is 0.442. The van der Waals surface area contributed by atoms with Crippen LogP contribution in [0.2, 0.25) is 0 Å². The van der Waals surface area contributed by atoms with Crippen molar-refractivity contribution in [3.63, 3.8) is 0 Å². The summed E-state index contributed by atoms with van der Waals surface area (Å²) in [5.41, 5.74) is 4.19. The van der Waals surface area contributed by atoms with E-state index < -0.39 is 0 Å². The molecule has 2 aromatic rings. The Morgan fingerprint density at radius 3 is 2.74 bits per heavy atom. The average Bonchev–Trinajstić information content (AvgIpc) is 3.43. The molecule has 1 saturated heterocycles. The fourth-order valence-electron chi connectivity index (χ4n) is 3.76. The van der Waals surface area contributed by atoms with Crippen molar-refractivity contribution in [2.24, 2.45) is 5.92 Å². The molecule has 27 heavy (non-hydrogen) atoms. The molecule has 2 fully saturated rings. The molecule has 3 amide bonds. The van der Waals surface area contributed by atoms with Gasteiger partial charge in [-0.2, -0.15) is 0 Å². The third-order valence-corrected chi connectivity index (χ3v) is 5.35. The summed E-state index contributed by atoms with van der Waals surface area (Å²) in [5, 5.41) is 5.82. The number of hydrogen-bond acceptors (Lipinski definition) is 2. The van der Waals surface area contributed by atoms with E-state index >= 15 is 0 Å². The van der Waals surface area contributed by atoms with Crippen molar-refractivity contribution in [1.82, 2.24) is 10.2 Å². The van der Waals surface area contributed by atoms with E-state index in [1.54, 1.807) is 0 Å². The number of hydrogen-bond donors (Lipinski definition) is 2. The number of likely N-dealkylation sites (tertiary alicyclic amines) is 1. The maximum atomic E-state index is 12.3. The molecule has 4 rings (SSSR count). The predicted octanol–water partition coefficient (Wildman–Crippen LogP) is 3.79. The van der Waals surface area contributed by atoms with Gasteiger partial charge in [0.25, 0.3) is 0 Å². The van der Waals surface area contributed by atoms with Crippen molar-refractivity contribution in [2.45, 2.75) is 32.2 Å². The summed E-state index contributed by atoms with van der Waals surface area (Å²) in [6.07, 6.45) is 2.80. The zero-order valence-electron chi connectivity index (χ0n) is 15.6. The highest BCUT2D eigenvalue weighted by Crippen LogP contribution is 2.32. The summed E-state index contributed by atoms with van der Waals surface area (Å²) >= 11 is 0. The van der Waals surface area contributed by atoms with Crippen LogP contribution >= 0.6 is 0 Å². The lowest BCUT2D eigenvalue weighted by Gasteiger charge is -2.16. The number of urea groups is 1. The highest BCUT2D eigenvalue weighted by atomic mass is 16.2. The van der Waals surface area contributed by atoms with Crippen LogP contribution in [-0.4, -0.2) is 36.0 Å². The van der Waals surface area contributed by atoms with Gasteiger partial charge in [-0.15, -0.1) is 0 Å². The van der Waals surface area contributed by atoms with Gasteiger partial charge in [-0.25, -0.2) is 4.79 Å². The second-order valence-corrected chi connectivity index (χ2v) is 7.58. The number of nitrogens with zero attached hydrogens (tertiary/aromatic N) is 1. The number of carbonyl (C=O) groups excluding carboxylic acids is 2. The summed E-state index contributed by atoms with van der Waals surface area (Å²) in [4.78, 5) is 26.3. The Hall–Kier alpha value is -2.82. The largest absolute Gasteiger partial charge is 0.339 e. The van der Waals surface area contributed by atoms with Crippen LogP contribution in [0.25, 0.3) is 11.1 Å². The lowest BCUT2D eigenvalue weighted by molar-refractivity contribution is -0.128. The molecule has 1 atom stereocenters. The van der Waals surface area contributed by atoms with Crippen LogP contribution in [0.15, 0.2) is 48.5 Å². The number of nitrogens with one attached hydrogen (secondary N) is 2. The van der Waals surface area contributed by atoms with Gasteiger partial charge in [0.05, 0.1) is 0 Å². The maximum Gasteiger partial charge on any atom is 0.319 e. The van der Waals surface area contributed by atoms with Crippen molar-refractivity contribution in [2.75, 3.05) is 18.4 Å². The van der Waals surface area contributed by atoms with E-state index in [9.17, 15) is 9.59 Å². The minimum absolute atomic E-state index is 0.210. The molecular formula is C22H25N3O2. The molecule has 0 radical (unpaired) electrons. The van der Waals surface area contributed by atoms with E-state index in [0.29, 0.717) is 19.0 Å². The Morgan fingerprint density at radius 1 is 1.15 bits per heavy atom. The smallest absolute Gasteiger partial charge is 0.319 e. The first-order chi connectivity index (χ1) is 13.1. The molecule has 0 spiro atoms. The molecule has 1 heterocycles. The first-order valence-electron chi connectivity index (χ1n) is 9.60. The summed E-state index contributed by atoms with van der Waals surface area (Å²) in [7, 11) is 0. The molecule has 2 N–H and O–H groups in total. The van der Waals surface area contributed by atoms with Crippen molar-refractivity contribution in [3.05, 3.63) is 54.1 Å². The van der Waals surface area contributed by atoms with Gasteiger partial charge in [0.1, 0.15) is 0 Å². The second-order valence-electron chi connectivity index (χ2n) is 7.58. The summed E-state index contributed by atoms with van der Waals surface area (Å²) < 4.78 is 0. The Kier molecular flexibility index (Phi) is 4.84. The molecule has 5 heteroatoms. The van der Waals surface area contributed by atoms with E-state index in [4.69, 9.17) is 0 Å². The van der Waals surface area contributed by atoms with Gasteiger partial charge in [0, 0.05) is 37.2 Å². The Balaban J connectivity index is 1.33. The monoisotopic (exact) mass is 363 g/mol. The molecule has 0 unspecified atom stereocenters. The first-order valence-corrected chi connectivity index (χ1v) is 9.60. The Bertz CT molecular complexity index is 860. The molecular weight excluding hydrogens is 338 g/mol. The van der Waals surface area contributed by atoms with Gasteiger partial charge >= 0.3 is 6.03 Å². The van der Waals surface area contributed by atoms with E-state index in [0.717, 1.165) is 36.2 Å². The van der Waals surface area contributed by atoms with Crippen molar-refractivity contribution < 1.29 is 9.59 Å². The first kappa shape index (κ1) is 17.6. The van der Waals surface area contributed by atoms with E-state index in [-0.39, 0.29) is 17.9 Å². The quantitative estimate of drug-likeness (QED) is 0.849. The minimum atomic E-state index is -0.228. The van der Waals surface area contributed by atoms with Gasteiger partial charge in [-0.05, 0) is 48.6 Å². The zero-order valence-corrected chi connectivity index (χ0v) is 15.6. The Morgan fingerprint density at radius 2 is 1.96 bits per heavy atom. The normalized spacial score (nSPS) is 19.2. The van der Waals surface area contributed by atoms with Crippen LogP contribution in [0.4, 0.5) is 10.5 Å². The highest BCUT2D eigenvalue weighted by Gasteiger charge is 2.39. The van der Waals surface area contributed by atoms with Crippen LogP contribution in [0.1, 0.15) is 24.8 Å². The Labute approximate surface area is 159 Å². The van der Waals surface area contributed by atoms with Crippen LogP contribution < -0.4 is 10.6 Å². The van der Waals surface area contributed by atoms with Crippen LogP contribution in [0.3, 0.4) is 0 Å². The van der Waals surface area contributed by atoms with Crippen LogP contribution in [0.5, 0.6) is 0 Å². The number of benzene rings is 2. The molecule has 1 saturated carbocycles. The van der Waals surface area contributed by atoms with E-state index in [2.05, 4.69) is 29.7 Å². The summed E-state index contributed by atoms with van der Waals surface area (Å²) in [6, 6.07) is 16.3. The number of rotatable bonds is 5. The van der Waals surface area contributed by atoms with E-state index in [1.165, 1.54) is 5.56 Å². The molecule has 5 nitrogen and oxygen atoms in total. The molecule has 1 aliphatic heterocycles. The lowest BCUT2D eigenvalue weighted by Crippen LogP contribution is -2.34. The maximum absolute atomic E-state index is 12.3. The van der Waals surface area contributed by atoms with Crippen LogP contribution in [-0.2, 0) is 4.79 Å². The molecule has 2 aliphatic rings. The molecule has 0 bridgehead atoms. The number of anilines is 1. The molecule has 0 aromatic heterocycles. The van der Waals surface area contributed by atoms with Gasteiger partial charge in [0.2, 0.25) is 5.91 Å². The van der Waals surface area contributed by atoms with Gasteiger partial charge in [-0.3, -0.25) is 4.79 Å². The average molecular weight is 363 g/mol.